The third kappa shape index (κ3) is 4.62. The van der Waals surface area contributed by atoms with Gasteiger partial charge in [-0.1, -0.05) is 11.3 Å². The van der Waals surface area contributed by atoms with E-state index in [0.29, 0.717) is 22.2 Å². The van der Waals surface area contributed by atoms with Gasteiger partial charge in [-0.2, -0.15) is 5.10 Å². The van der Waals surface area contributed by atoms with Gasteiger partial charge in [0.15, 0.2) is 5.13 Å². The number of hydrogen-bond donors (Lipinski definition) is 1. The predicted molar refractivity (Wildman–Crippen MR) is 93.0 cm³/mol. The molecule has 2 aromatic rings. The Kier molecular flexibility index (Phi) is 5.68. The molecule has 2 amide bonds. The number of rotatable bonds is 6. The molecule has 0 aliphatic rings. The maximum Gasteiger partial charge on any atom is 0.265 e. The van der Waals surface area contributed by atoms with Crippen molar-refractivity contribution < 1.29 is 9.59 Å². The second kappa shape index (κ2) is 7.54. The normalized spacial score (nSPS) is 10.9. The Morgan fingerprint density at radius 1 is 1.33 bits per heavy atom. The maximum atomic E-state index is 12.1. The highest BCUT2D eigenvalue weighted by Crippen LogP contribution is 2.23. The van der Waals surface area contributed by atoms with Crippen LogP contribution < -0.4 is 5.32 Å². The van der Waals surface area contributed by atoms with E-state index >= 15 is 0 Å². The first-order valence-corrected chi connectivity index (χ1v) is 8.23. The van der Waals surface area contributed by atoms with Crippen molar-refractivity contribution in [2.24, 2.45) is 7.05 Å². The molecule has 2 heterocycles. The van der Waals surface area contributed by atoms with Crippen LogP contribution in [0.4, 0.5) is 5.13 Å². The lowest BCUT2D eigenvalue weighted by Gasteiger charge is -2.14. The molecule has 9 heteroatoms. The van der Waals surface area contributed by atoms with Crippen molar-refractivity contribution >= 4 is 28.3 Å². The molecule has 130 valence electrons. The Balaban J connectivity index is 1.92. The molecule has 0 saturated heterocycles. The summed E-state index contributed by atoms with van der Waals surface area (Å²) >= 11 is 1.19. The summed E-state index contributed by atoms with van der Waals surface area (Å²) in [7, 11) is 7.09. The Labute approximate surface area is 145 Å². The molecule has 0 fully saturated rings. The zero-order valence-corrected chi connectivity index (χ0v) is 15.3. The van der Waals surface area contributed by atoms with Gasteiger partial charge in [0.25, 0.3) is 5.91 Å². The second-order valence-electron chi connectivity index (χ2n) is 5.88. The Hall–Kier alpha value is -2.26. The third-order valence-corrected chi connectivity index (χ3v) is 4.33. The van der Waals surface area contributed by atoms with E-state index in [9.17, 15) is 9.59 Å². The van der Waals surface area contributed by atoms with Gasteiger partial charge in [-0.05, 0) is 14.0 Å². The van der Waals surface area contributed by atoms with Gasteiger partial charge in [-0.25, -0.2) is 4.98 Å². The number of carbonyl (C=O) groups excluding carboxylic acids is 2. The number of hydrogen-bond acceptors (Lipinski definition) is 6. The van der Waals surface area contributed by atoms with E-state index in [-0.39, 0.29) is 18.4 Å². The van der Waals surface area contributed by atoms with Crippen molar-refractivity contribution in [3.05, 3.63) is 28.5 Å². The van der Waals surface area contributed by atoms with E-state index in [4.69, 9.17) is 0 Å². The molecule has 2 rings (SSSR count). The lowest BCUT2D eigenvalue weighted by Crippen LogP contribution is -2.29. The van der Waals surface area contributed by atoms with Crippen LogP contribution in [-0.4, -0.2) is 64.1 Å². The van der Waals surface area contributed by atoms with Crippen LogP contribution in [0.3, 0.4) is 0 Å². The van der Waals surface area contributed by atoms with Crippen LogP contribution in [-0.2, 0) is 18.4 Å². The topological polar surface area (TPSA) is 83.4 Å². The number of anilines is 1. The molecule has 24 heavy (non-hydrogen) atoms. The average Bonchev–Trinajstić information content (AvgIpc) is 3.03. The summed E-state index contributed by atoms with van der Waals surface area (Å²) in [5, 5.41) is 7.30. The molecule has 0 aromatic carbocycles. The second-order valence-corrected chi connectivity index (χ2v) is 6.87. The molecule has 0 bridgehead atoms. The van der Waals surface area contributed by atoms with Crippen molar-refractivity contribution in [3.63, 3.8) is 0 Å². The highest BCUT2D eigenvalue weighted by atomic mass is 32.1. The monoisotopic (exact) mass is 350 g/mol. The van der Waals surface area contributed by atoms with Crippen LogP contribution in [0, 0.1) is 6.92 Å². The van der Waals surface area contributed by atoms with E-state index in [2.05, 4.69) is 15.4 Å². The highest BCUT2D eigenvalue weighted by Gasteiger charge is 2.18. The van der Waals surface area contributed by atoms with Gasteiger partial charge in [0, 0.05) is 39.4 Å². The largest absolute Gasteiger partial charge is 0.344 e. The summed E-state index contributed by atoms with van der Waals surface area (Å²) in [5.74, 6) is -0.279. The van der Waals surface area contributed by atoms with Crippen molar-refractivity contribution in [3.8, 4) is 0 Å². The fourth-order valence-electron chi connectivity index (χ4n) is 2.18. The summed E-state index contributed by atoms with van der Waals surface area (Å²) in [5.41, 5.74) is 1.66. The van der Waals surface area contributed by atoms with Crippen LogP contribution in [0.5, 0.6) is 0 Å². The van der Waals surface area contributed by atoms with Crippen LogP contribution in [0.1, 0.15) is 20.9 Å². The van der Waals surface area contributed by atoms with E-state index in [1.165, 1.54) is 16.2 Å². The number of amides is 2. The van der Waals surface area contributed by atoms with Crippen molar-refractivity contribution in [1.82, 2.24) is 24.6 Å². The number of carbonyl (C=O) groups is 2. The van der Waals surface area contributed by atoms with E-state index < -0.39 is 0 Å². The SMILES string of the molecule is Cc1nc(NC(=O)CN(C)Cc2cnn(C)c2)sc1C(=O)N(C)C. The van der Waals surface area contributed by atoms with Crippen LogP contribution >= 0.6 is 11.3 Å². The number of aryl methyl sites for hydroxylation is 2. The molecule has 0 aliphatic carbocycles. The highest BCUT2D eigenvalue weighted by molar-refractivity contribution is 7.17. The van der Waals surface area contributed by atoms with Gasteiger partial charge < -0.3 is 10.2 Å². The fraction of sp³-hybridized carbons (Fsp3) is 0.467. The van der Waals surface area contributed by atoms with Crippen molar-refractivity contribution in [2.45, 2.75) is 13.5 Å². The average molecular weight is 350 g/mol. The van der Waals surface area contributed by atoms with Crippen molar-refractivity contribution in [2.75, 3.05) is 33.0 Å². The zero-order valence-electron chi connectivity index (χ0n) is 14.5. The zero-order chi connectivity index (χ0) is 17.9. The van der Waals surface area contributed by atoms with Crippen LogP contribution in [0.15, 0.2) is 12.4 Å². The van der Waals surface area contributed by atoms with Crippen molar-refractivity contribution in [1.29, 1.82) is 0 Å². The molecule has 0 saturated carbocycles. The Morgan fingerprint density at radius 2 is 2.04 bits per heavy atom. The summed E-state index contributed by atoms with van der Waals surface area (Å²) < 4.78 is 1.73. The lowest BCUT2D eigenvalue weighted by molar-refractivity contribution is -0.117. The number of likely N-dealkylation sites (N-methyl/N-ethyl adjacent to an activating group) is 1. The summed E-state index contributed by atoms with van der Waals surface area (Å²) in [6, 6.07) is 0. The maximum absolute atomic E-state index is 12.1. The van der Waals surface area contributed by atoms with E-state index in [1.54, 1.807) is 31.9 Å². The minimum atomic E-state index is -0.168. The number of aromatic nitrogens is 3. The lowest BCUT2D eigenvalue weighted by atomic mass is 10.3. The number of thiazole rings is 1. The minimum Gasteiger partial charge on any atom is -0.344 e. The van der Waals surface area contributed by atoms with Crippen LogP contribution in [0.25, 0.3) is 0 Å². The van der Waals surface area contributed by atoms with E-state index in [0.717, 1.165) is 5.56 Å². The molecule has 0 atom stereocenters. The molecule has 0 aliphatic heterocycles. The molecule has 0 unspecified atom stereocenters. The van der Waals surface area contributed by atoms with Gasteiger partial charge in [0.05, 0.1) is 18.4 Å². The Bertz CT molecular complexity index is 736. The molecule has 1 N–H and O–H groups in total. The first-order chi connectivity index (χ1) is 11.3. The molecule has 0 radical (unpaired) electrons. The Morgan fingerprint density at radius 3 is 2.62 bits per heavy atom. The van der Waals surface area contributed by atoms with Gasteiger partial charge >= 0.3 is 0 Å². The van der Waals surface area contributed by atoms with Gasteiger partial charge in [0.1, 0.15) is 4.88 Å². The smallest absolute Gasteiger partial charge is 0.265 e. The standard InChI is InChI=1S/C15H22N6O2S/c1-10-13(14(23)19(2)3)24-15(17-10)18-12(22)9-20(4)7-11-6-16-21(5)8-11/h6,8H,7,9H2,1-5H3,(H,17,18,22). The number of nitrogens with one attached hydrogen (secondary N) is 1. The van der Waals surface area contributed by atoms with Gasteiger partial charge in [-0.15, -0.1) is 0 Å². The summed E-state index contributed by atoms with van der Waals surface area (Å²) in [6.45, 7) is 2.62. The summed E-state index contributed by atoms with van der Waals surface area (Å²) in [4.78, 5) is 32.3. The molecular weight excluding hydrogens is 328 g/mol. The third-order valence-electron chi connectivity index (χ3n) is 3.27. The first kappa shape index (κ1) is 18.1. The predicted octanol–water partition coefficient (Wildman–Crippen LogP) is 0.957. The molecular formula is C15H22N6O2S. The molecule has 0 spiro atoms. The summed E-state index contributed by atoms with van der Waals surface area (Å²) in [6.07, 6.45) is 3.69. The molecule has 2 aromatic heterocycles. The molecule has 8 nitrogen and oxygen atoms in total. The fourth-order valence-corrected chi connectivity index (χ4v) is 3.18. The number of nitrogens with zero attached hydrogens (tertiary/aromatic N) is 5. The van der Waals surface area contributed by atoms with Gasteiger partial charge in [0.2, 0.25) is 5.91 Å². The quantitative estimate of drug-likeness (QED) is 0.839. The van der Waals surface area contributed by atoms with Gasteiger partial charge in [-0.3, -0.25) is 19.2 Å². The van der Waals surface area contributed by atoms with Crippen LogP contribution in [0.2, 0.25) is 0 Å². The van der Waals surface area contributed by atoms with E-state index in [1.807, 2.05) is 25.2 Å². The first-order valence-electron chi connectivity index (χ1n) is 7.41. The minimum absolute atomic E-state index is 0.112.